The van der Waals surface area contributed by atoms with E-state index in [9.17, 15) is 4.79 Å². The van der Waals surface area contributed by atoms with Crippen molar-refractivity contribution in [1.82, 2.24) is 14.8 Å². The molecule has 0 saturated heterocycles. The smallest absolute Gasteiger partial charge is 0.143 e. The molecule has 0 amide bonds. The van der Waals surface area contributed by atoms with Crippen LogP contribution in [-0.4, -0.2) is 20.5 Å². The number of ketones is 1. The normalized spacial score (nSPS) is 10.3. The van der Waals surface area contributed by atoms with Crippen molar-refractivity contribution < 1.29 is 4.79 Å². The lowest BCUT2D eigenvalue weighted by atomic mass is 10.1. The first-order valence-electron chi connectivity index (χ1n) is 5.13. The van der Waals surface area contributed by atoms with E-state index in [2.05, 4.69) is 10.1 Å². The summed E-state index contributed by atoms with van der Waals surface area (Å²) in [6.07, 6.45) is 6.08. The molecule has 2 aromatic rings. The Morgan fingerprint density at radius 2 is 2.25 bits per heavy atom. The lowest BCUT2D eigenvalue weighted by Gasteiger charge is -1.98. The maximum absolute atomic E-state index is 11.7. The Labute approximate surface area is 93.9 Å². The number of hydrogen-bond acceptors (Lipinski definition) is 3. The molecule has 0 radical (unpaired) electrons. The van der Waals surface area contributed by atoms with Gasteiger partial charge < -0.3 is 0 Å². The van der Waals surface area contributed by atoms with Gasteiger partial charge in [-0.05, 0) is 17.7 Å². The van der Waals surface area contributed by atoms with Crippen LogP contribution in [0.25, 0.3) is 0 Å². The monoisotopic (exact) mass is 215 g/mol. The van der Waals surface area contributed by atoms with Gasteiger partial charge in [-0.1, -0.05) is 6.07 Å². The summed E-state index contributed by atoms with van der Waals surface area (Å²) in [6, 6.07) is 5.59. The van der Waals surface area contributed by atoms with Crippen LogP contribution in [-0.2, 0) is 24.7 Å². The first-order chi connectivity index (χ1) is 7.74. The summed E-state index contributed by atoms with van der Waals surface area (Å²) >= 11 is 0. The fourth-order valence-corrected chi connectivity index (χ4v) is 1.56. The standard InChI is InChI=1S/C12H13N3O/c1-15-9-10(8-14-15)6-12(16)7-11-4-2-3-5-13-11/h2-5,8-9H,6-7H2,1H3. The maximum atomic E-state index is 11.7. The van der Waals surface area contributed by atoms with Crippen LogP contribution in [0.15, 0.2) is 36.8 Å². The Bertz CT molecular complexity index is 476. The molecule has 0 aliphatic carbocycles. The van der Waals surface area contributed by atoms with Gasteiger partial charge in [-0.15, -0.1) is 0 Å². The molecule has 16 heavy (non-hydrogen) atoms. The summed E-state index contributed by atoms with van der Waals surface area (Å²) in [6.45, 7) is 0. The summed E-state index contributed by atoms with van der Waals surface area (Å²) in [4.78, 5) is 15.8. The molecule has 0 fully saturated rings. The van der Waals surface area contributed by atoms with Gasteiger partial charge in [-0.2, -0.15) is 5.10 Å². The van der Waals surface area contributed by atoms with Crippen molar-refractivity contribution >= 4 is 5.78 Å². The molecule has 0 bridgehead atoms. The zero-order chi connectivity index (χ0) is 11.4. The van der Waals surface area contributed by atoms with Crippen LogP contribution < -0.4 is 0 Å². The Balaban J connectivity index is 1.95. The van der Waals surface area contributed by atoms with Gasteiger partial charge in [0.05, 0.1) is 6.20 Å². The quantitative estimate of drug-likeness (QED) is 0.769. The van der Waals surface area contributed by atoms with Gasteiger partial charge in [0, 0.05) is 38.0 Å². The molecule has 4 nitrogen and oxygen atoms in total. The molecule has 0 aliphatic rings. The number of nitrogens with zero attached hydrogens (tertiary/aromatic N) is 3. The number of pyridine rings is 1. The maximum Gasteiger partial charge on any atom is 0.143 e. The molecular weight excluding hydrogens is 202 g/mol. The average molecular weight is 215 g/mol. The lowest BCUT2D eigenvalue weighted by molar-refractivity contribution is -0.117. The third-order valence-corrected chi connectivity index (χ3v) is 2.26. The highest BCUT2D eigenvalue weighted by Crippen LogP contribution is 2.02. The van der Waals surface area contributed by atoms with E-state index in [0.717, 1.165) is 11.3 Å². The van der Waals surface area contributed by atoms with E-state index in [1.807, 2.05) is 31.4 Å². The lowest BCUT2D eigenvalue weighted by Crippen LogP contribution is -2.07. The van der Waals surface area contributed by atoms with Gasteiger partial charge in [-0.3, -0.25) is 14.5 Å². The molecule has 0 N–H and O–H groups in total. The van der Waals surface area contributed by atoms with E-state index in [0.29, 0.717) is 12.8 Å². The van der Waals surface area contributed by atoms with Crippen molar-refractivity contribution in [2.24, 2.45) is 7.05 Å². The number of rotatable bonds is 4. The summed E-state index contributed by atoms with van der Waals surface area (Å²) in [5, 5.41) is 4.03. The molecule has 0 unspecified atom stereocenters. The zero-order valence-corrected chi connectivity index (χ0v) is 9.13. The van der Waals surface area contributed by atoms with E-state index in [1.165, 1.54) is 0 Å². The third-order valence-electron chi connectivity index (χ3n) is 2.26. The highest BCUT2D eigenvalue weighted by Gasteiger charge is 2.06. The van der Waals surface area contributed by atoms with Crippen molar-refractivity contribution in [1.29, 1.82) is 0 Å². The van der Waals surface area contributed by atoms with E-state index in [1.54, 1.807) is 17.1 Å². The molecule has 2 aromatic heterocycles. The Kier molecular flexibility index (Phi) is 3.10. The van der Waals surface area contributed by atoms with Crippen LogP contribution in [0.5, 0.6) is 0 Å². The molecule has 0 spiro atoms. The minimum Gasteiger partial charge on any atom is -0.299 e. The number of hydrogen-bond donors (Lipinski definition) is 0. The molecular formula is C12H13N3O. The Morgan fingerprint density at radius 1 is 1.38 bits per heavy atom. The van der Waals surface area contributed by atoms with Crippen LogP contribution in [0.2, 0.25) is 0 Å². The first kappa shape index (κ1) is 10.5. The van der Waals surface area contributed by atoms with Crippen LogP contribution in [0.4, 0.5) is 0 Å². The minimum absolute atomic E-state index is 0.159. The van der Waals surface area contributed by atoms with Crippen molar-refractivity contribution in [3.63, 3.8) is 0 Å². The fourth-order valence-electron chi connectivity index (χ4n) is 1.56. The molecule has 0 saturated carbocycles. The second-order valence-electron chi connectivity index (χ2n) is 3.74. The van der Waals surface area contributed by atoms with Crippen LogP contribution >= 0.6 is 0 Å². The second-order valence-corrected chi connectivity index (χ2v) is 3.74. The topological polar surface area (TPSA) is 47.8 Å². The predicted molar refractivity (Wildman–Crippen MR) is 59.9 cm³/mol. The molecule has 0 aliphatic heterocycles. The zero-order valence-electron chi connectivity index (χ0n) is 9.13. The highest BCUT2D eigenvalue weighted by atomic mass is 16.1. The molecule has 2 heterocycles. The number of Topliss-reactive ketones (excluding diaryl/α,β-unsaturated/α-hetero) is 1. The third kappa shape index (κ3) is 2.76. The van der Waals surface area contributed by atoms with Crippen molar-refractivity contribution in [3.05, 3.63) is 48.0 Å². The Morgan fingerprint density at radius 3 is 2.88 bits per heavy atom. The van der Waals surface area contributed by atoms with Crippen molar-refractivity contribution in [2.75, 3.05) is 0 Å². The van der Waals surface area contributed by atoms with Crippen LogP contribution in [0, 0.1) is 0 Å². The number of aryl methyl sites for hydroxylation is 1. The van der Waals surface area contributed by atoms with Gasteiger partial charge in [-0.25, -0.2) is 0 Å². The summed E-state index contributed by atoms with van der Waals surface area (Å²) < 4.78 is 1.70. The molecule has 0 aromatic carbocycles. The van der Waals surface area contributed by atoms with Gasteiger partial charge in [0.2, 0.25) is 0 Å². The number of carbonyl (C=O) groups excluding carboxylic acids is 1. The molecule has 2 rings (SSSR count). The van der Waals surface area contributed by atoms with Crippen LogP contribution in [0.3, 0.4) is 0 Å². The summed E-state index contributed by atoms with van der Waals surface area (Å²) in [5.41, 5.74) is 1.76. The SMILES string of the molecule is Cn1cc(CC(=O)Cc2ccccn2)cn1. The molecule has 82 valence electrons. The summed E-state index contributed by atoms with van der Waals surface area (Å²) in [5.74, 6) is 0.159. The molecule has 0 atom stereocenters. The van der Waals surface area contributed by atoms with E-state index < -0.39 is 0 Å². The largest absolute Gasteiger partial charge is 0.299 e. The van der Waals surface area contributed by atoms with Gasteiger partial charge in [0.25, 0.3) is 0 Å². The van der Waals surface area contributed by atoms with E-state index in [4.69, 9.17) is 0 Å². The molecule has 4 heteroatoms. The van der Waals surface area contributed by atoms with Gasteiger partial charge in [0.15, 0.2) is 0 Å². The van der Waals surface area contributed by atoms with Crippen LogP contribution in [0.1, 0.15) is 11.3 Å². The summed E-state index contributed by atoms with van der Waals surface area (Å²) in [7, 11) is 1.84. The minimum atomic E-state index is 0.159. The second kappa shape index (κ2) is 4.70. The fraction of sp³-hybridized carbons (Fsp3) is 0.250. The predicted octanol–water partition coefficient (Wildman–Crippen LogP) is 1.17. The van der Waals surface area contributed by atoms with E-state index in [-0.39, 0.29) is 5.78 Å². The van der Waals surface area contributed by atoms with Crippen molar-refractivity contribution in [3.8, 4) is 0 Å². The van der Waals surface area contributed by atoms with E-state index >= 15 is 0 Å². The average Bonchev–Trinajstić information content (AvgIpc) is 2.65. The first-order valence-corrected chi connectivity index (χ1v) is 5.13. The van der Waals surface area contributed by atoms with Gasteiger partial charge in [0.1, 0.15) is 5.78 Å². The number of aromatic nitrogens is 3. The Hall–Kier alpha value is -1.97. The highest BCUT2D eigenvalue weighted by molar-refractivity contribution is 5.82. The van der Waals surface area contributed by atoms with Gasteiger partial charge >= 0.3 is 0 Å². The van der Waals surface area contributed by atoms with Crippen molar-refractivity contribution in [2.45, 2.75) is 12.8 Å². The number of carbonyl (C=O) groups is 1.